The molecule has 1 atom stereocenters. The van der Waals surface area contributed by atoms with E-state index in [9.17, 15) is 22.4 Å². The molecule has 0 aromatic heterocycles. The largest absolute Gasteiger partial charge is 0.355 e. The van der Waals surface area contributed by atoms with E-state index in [1.54, 1.807) is 6.92 Å². The number of rotatable bonds is 11. The summed E-state index contributed by atoms with van der Waals surface area (Å²) in [4.78, 5) is 28.3. The van der Waals surface area contributed by atoms with Crippen LogP contribution in [0.3, 0.4) is 0 Å². The molecule has 3 rings (SSSR count). The molecule has 2 amide bonds. The number of anilines is 1. The van der Waals surface area contributed by atoms with E-state index in [0.29, 0.717) is 6.54 Å². The first kappa shape index (κ1) is 26.9. The van der Waals surface area contributed by atoms with E-state index >= 15 is 0 Å². The van der Waals surface area contributed by atoms with E-state index in [1.165, 1.54) is 23.1 Å². The number of carbonyl (C=O) groups excluding carboxylic acids is 2. The van der Waals surface area contributed by atoms with Gasteiger partial charge in [0.05, 0.1) is 11.9 Å². The molecule has 0 saturated carbocycles. The minimum atomic E-state index is -3.93. The second-order valence-electron chi connectivity index (χ2n) is 8.36. The zero-order valence-electron chi connectivity index (χ0n) is 20.3. The number of nitrogens with zero attached hydrogens (tertiary/aromatic N) is 2. The second kappa shape index (κ2) is 12.3. The number of carbonyl (C=O) groups is 2. The molecule has 0 bridgehead atoms. The smallest absolute Gasteiger partial charge is 0.244 e. The fourth-order valence-corrected chi connectivity index (χ4v) is 4.71. The minimum Gasteiger partial charge on any atom is -0.355 e. The summed E-state index contributed by atoms with van der Waals surface area (Å²) in [7, 11) is -3.93. The highest BCUT2D eigenvalue weighted by molar-refractivity contribution is 7.92. The molecule has 3 aromatic rings. The lowest BCUT2D eigenvalue weighted by Crippen LogP contribution is -2.53. The van der Waals surface area contributed by atoms with Gasteiger partial charge in [-0.3, -0.25) is 13.9 Å². The minimum absolute atomic E-state index is 0.0307. The third kappa shape index (κ3) is 7.39. The first-order valence-corrected chi connectivity index (χ1v) is 13.4. The van der Waals surface area contributed by atoms with Gasteiger partial charge in [-0.1, -0.05) is 66.7 Å². The van der Waals surface area contributed by atoms with Gasteiger partial charge in [0.15, 0.2) is 0 Å². The summed E-state index contributed by atoms with van der Waals surface area (Å²) in [6.07, 6.45) is 1.20. The summed E-state index contributed by atoms with van der Waals surface area (Å²) in [5, 5.41) is 2.80. The fraction of sp³-hybridized carbons (Fsp3) is 0.259. The summed E-state index contributed by atoms with van der Waals surface area (Å²) in [5.74, 6) is -1.55. The van der Waals surface area contributed by atoms with Gasteiger partial charge in [-0.25, -0.2) is 12.8 Å². The van der Waals surface area contributed by atoms with E-state index < -0.39 is 34.3 Å². The zero-order chi connectivity index (χ0) is 26.1. The second-order valence-corrected chi connectivity index (χ2v) is 10.3. The van der Waals surface area contributed by atoms with Crippen LogP contribution in [-0.4, -0.2) is 50.5 Å². The van der Waals surface area contributed by atoms with Crippen LogP contribution in [0.15, 0.2) is 84.9 Å². The zero-order valence-corrected chi connectivity index (χ0v) is 21.1. The maximum atomic E-state index is 13.9. The molecule has 0 aliphatic rings. The molecule has 3 aromatic carbocycles. The average Bonchev–Trinajstić information content (AvgIpc) is 2.85. The number of halogens is 1. The number of sulfonamides is 1. The van der Waals surface area contributed by atoms with Crippen LogP contribution in [0.5, 0.6) is 0 Å². The number of amides is 2. The van der Waals surface area contributed by atoms with Crippen molar-refractivity contribution in [2.45, 2.75) is 25.9 Å². The molecule has 190 valence electrons. The molecule has 1 unspecified atom stereocenters. The van der Waals surface area contributed by atoms with Gasteiger partial charge in [-0.05, 0) is 36.2 Å². The van der Waals surface area contributed by atoms with Crippen molar-refractivity contribution in [1.82, 2.24) is 10.2 Å². The number of hydrogen-bond donors (Lipinski definition) is 1. The van der Waals surface area contributed by atoms with Gasteiger partial charge in [0.25, 0.3) is 0 Å². The molecule has 0 heterocycles. The molecule has 7 nitrogen and oxygen atoms in total. The van der Waals surface area contributed by atoms with Gasteiger partial charge in [0, 0.05) is 19.5 Å². The van der Waals surface area contributed by atoms with E-state index in [-0.39, 0.29) is 24.6 Å². The lowest BCUT2D eigenvalue weighted by atomic mass is 10.0. The monoisotopic (exact) mass is 511 g/mol. The van der Waals surface area contributed by atoms with E-state index in [4.69, 9.17) is 0 Å². The Morgan fingerprint density at radius 3 is 2.08 bits per heavy atom. The van der Waals surface area contributed by atoms with Crippen LogP contribution in [0.4, 0.5) is 10.1 Å². The fourth-order valence-electron chi connectivity index (χ4n) is 3.87. The molecule has 0 saturated heterocycles. The Balaban J connectivity index is 2.01. The van der Waals surface area contributed by atoms with Gasteiger partial charge in [0.2, 0.25) is 21.8 Å². The van der Waals surface area contributed by atoms with E-state index in [0.717, 1.165) is 27.8 Å². The van der Waals surface area contributed by atoms with Crippen molar-refractivity contribution in [2.75, 3.05) is 23.7 Å². The topological polar surface area (TPSA) is 86.8 Å². The Bertz CT molecular complexity index is 1270. The van der Waals surface area contributed by atoms with Crippen molar-refractivity contribution in [3.05, 3.63) is 102 Å². The predicted molar refractivity (Wildman–Crippen MR) is 138 cm³/mol. The quantitative estimate of drug-likeness (QED) is 0.428. The molecular formula is C27H30FN3O4S. The summed E-state index contributed by atoms with van der Waals surface area (Å²) in [6.45, 7) is 1.67. The molecule has 0 aliphatic carbocycles. The number of likely N-dealkylation sites (N-methyl/N-ethyl adjacent to an activating group) is 1. The van der Waals surface area contributed by atoms with Crippen molar-refractivity contribution < 1.29 is 22.4 Å². The lowest BCUT2D eigenvalue weighted by molar-refractivity contribution is -0.140. The van der Waals surface area contributed by atoms with Gasteiger partial charge >= 0.3 is 0 Å². The van der Waals surface area contributed by atoms with Crippen molar-refractivity contribution >= 4 is 27.5 Å². The van der Waals surface area contributed by atoms with E-state index in [2.05, 4.69) is 5.32 Å². The third-order valence-electron chi connectivity index (χ3n) is 5.59. The van der Waals surface area contributed by atoms with Crippen LogP contribution in [-0.2, 0) is 32.6 Å². The lowest BCUT2D eigenvalue weighted by Gasteiger charge is -2.33. The Morgan fingerprint density at radius 2 is 1.53 bits per heavy atom. The highest BCUT2D eigenvalue weighted by atomic mass is 32.2. The Morgan fingerprint density at radius 1 is 0.917 bits per heavy atom. The third-order valence-corrected chi connectivity index (χ3v) is 6.73. The van der Waals surface area contributed by atoms with Gasteiger partial charge in [-0.15, -0.1) is 0 Å². The summed E-state index contributed by atoms with van der Waals surface area (Å²) in [6, 6.07) is 22.6. The van der Waals surface area contributed by atoms with Crippen LogP contribution < -0.4 is 9.62 Å². The predicted octanol–water partition coefficient (Wildman–Crippen LogP) is 3.37. The van der Waals surface area contributed by atoms with Crippen molar-refractivity contribution in [2.24, 2.45) is 0 Å². The van der Waals surface area contributed by atoms with Crippen molar-refractivity contribution in [3.8, 4) is 0 Å². The molecule has 0 fully saturated rings. The summed E-state index contributed by atoms with van der Waals surface area (Å²) >= 11 is 0. The maximum absolute atomic E-state index is 13.9. The Hall–Kier alpha value is -3.72. The highest BCUT2D eigenvalue weighted by Gasteiger charge is 2.32. The first-order valence-electron chi connectivity index (χ1n) is 11.6. The van der Waals surface area contributed by atoms with Gasteiger partial charge in [-0.2, -0.15) is 0 Å². The van der Waals surface area contributed by atoms with Crippen LogP contribution in [0.1, 0.15) is 18.1 Å². The molecule has 36 heavy (non-hydrogen) atoms. The van der Waals surface area contributed by atoms with Crippen LogP contribution in [0, 0.1) is 5.82 Å². The molecular weight excluding hydrogens is 481 g/mol. The summed E-state index contributed by atoms with van der Waals surface area (Å²) in [5.41, 5.74) is 1.66. The summed E-state index contributed by atoms with van der Waals surface area (Å²) < 4.78 is 40.0. The number of nitrogens with one attached hydrogen (secondary N) is 1. The van der Waals surface area contributed by atoms with Crippen molar-refractivity contribution in [1.29, 1.82) is 0 Å². The Labute approximate surface area is 211 Å². The molecule has 9 heteroatoms. The Kier molecular flexibility index (Phi) is 9.19. The number of hydrogen-bond acceptors (Lipinski definition) is 4. The molecule has 0 aliphatic heterocycles. The van der Waals surface area contributed by atoms with E-state index in [1.807, 2.05) is 60.7 Å². The SMILES string of the molecule is CCNC(=O)C(Cc1ccccc1)N(Cc1ccccc1)C(=O)CN(c1cccc(F)c1)S(C)(=O)=O. The molecule has 1 N–H and O–H groups in total. The standard InChI is InChI=1S/C27H30FN3O4S/c1-3-29-27(33)25(17-21-11-6-4-7-12-21)30(19-22-13-8-5-9-14-22)26(32)20-31(36(2,34)35)24-16-10-15-23(28)18-24/h4-16,18,25H,3,17,19-20H2,1-2H3,(H,29,33). The van der Waals surface area contributed by atoms with Gasteiger partial charge < -0.3 is 10.2 Å². The normalized spacial score (nSPS) is 12.0. The average molecular weight is 512 g/mol. The van der Waals surface area contributed by atoms with Gasteiger partial charge in [0.1, 0.15) is 18.4 Å². The molecule has 0 spiro atoms. The highest BCUT2D eigenvalue weighted by Crippen LogP contribution is 2.21. The van der Waals surface area contributed by atoms with Crippen LogP contribution >= 0.6 is 0 Å². The maximum Gasteiger partial charge on any atom is 0.244 e. The molecule has 0 radical (unpaired) electrons. The van der Waals surface area contributed by atoms with Crippen LogP contribution in [0.25, 0.3) is 0 Å². The van der Waals surface area contributed by atoms with Crippen LogP contribution in [0.2, 0.25) is 0 Å². The van der Waals surface area contributed by atoms with Crippen molar-refractivity contribution in [3.63, 3.8) is 0 Å². The first-order chi connectivity index (χ1) is 17.2. The number of benzene rings is 3.